The number of ether oxygens (including phenoxy) is 1. The van der Waals surface area contributed by atoms with Gasteiger partial charge in [0.1, 0.15) is 5.69 Å². The average Bonchev–Trinajstić information content (AvgIpc) is 2.18. The molecule has 0 aliphatic rings. The number of halogens is 7. The number of hydrogen-bond acceptors (Lipinski definition) is 3. The van der Waals surface area contributed by atoms with Crippen LogP contribution in [0.4, 0.5) is 26.3 Å². The minimum absolute atomic E-state index is 0.341. The Kier molecular flexibility index (Phi) is 4.71. The molecule has 0 saturated heterocycles. The molecule has 1 aromatic rings. The predicted octanol–water partition coefficient (Wildman–Crippen LogP) is 3.23. The topological polar surface area (TPSA) is 59.4 Å². The van der Waals surface area contributed by atoms with Crippen LogP contribution in [0.1, 0.15) is 11.3 Å². The average molecular weight is 415 g/mol. The van der Waals surface area contributed by atoms with Crippen molar-refractivity contribution in [1.29, 1.82) is 0 Å². The van der Waals surface area contributed by atoms with Gasteiger partial charge in [-0.15, -0.1) is 13.2 Å². The van der Waals surface area contributed by atoms with Crippen molar-refractivity contribution in [2.24, 2.45) is 0 Å². The molecule has 4 nitrogen and oxygen atoms in total. The molecule has 1 rings (SSSR count). The Morgan fingerprint density at radius 1 is 1.30 bits per heavy atom. The lowest BCUT2D eigenvalue weighted by molar-refractivity contribution is -0.276. The largest absolute Gasteiger partial charge is 0.574 e. The molecular weight excluding hydrogens is 411 g/mol. The van der Waals surface area contributed by atoms with Gasteiger partial charge in [-0.25, -0.2) is 4.98 Å². The van der Waals surface area contributed by atoms with Gasteiger partial charge >= 0.3 is 18.5 Å². The first-order valence-electron chi connectivity index (χ1n) is 4.64. The zero-order chi connectivity index (χ0) is 15.7. The summed E-state index contributed by atoms with van der Waals surface area (Å²) in [5.41, 5.74) is -2.18. The molecule has 0 atom stereocenters. The second-order valence-corrected chi connectivity index (χ2v) is 4.55. The molecule has 0 aliphatic carbocycles. The zero-order valence-electron chi connectivity index (χ0n) is 9.14. The molecule has 0 bridgehead atoms. The van der Waals surface area contributed by atoms with Crippen LogP contribution in [0.2, 0.25) is 0 Å². The van der Waals surface area contributed by atoms with E-state index in [1.54, 1.807) is 0 Å². The Bertz CT molecular complexity index is 528. The summed E-state index contributed by atoms with van der Waals surface area (Å²) in [6.07, 6.45) is -11.2. The molecule has 0 amide bonds. The molecule has 0 aliphatic heterocycles. The SMILES string of the molecule is O=C(O)Cc1c(I)cc(C(F)(F)F)nc1OC(F)(F)F. The fourth-order valence-corrected chi connectivity index (χ4v) is 1.89. The van der Waals surface area contributed by atoms with Crippen LogP contribution in [-0.4, -0.2) is 22.4 Å². The Balaban J connectivity index is 3.39. The predicted molar refractivity (Wildman–Crippen MR) is 60.0 cm³/mol. The smallest absolute Gasteiger partial charge is 0.481 e. The first-order chi connectivity index (χ1) is 8.90. The van der Waals surface area contributed by atoms with Gasteiger partial charge in [0, 0.05) is 9.13 Å². The van der Waals surface area contributed by atoms with Gasteiger partial charge in [-0.3, -0.25) is 4.79 Å². The summed E-state index contributed by atoms with van der Waals surface area (Å²) in [6, 6.07) is 0.446. The van der Waals surface area contributed by atoms with E-state index in [1.807, 2.05) is 0 Å². The van der Waals surface area contributed by atoms with E-state index in [4.69, 9.17) is 5.11 Å². The number of aromatic nitrogens is 1. The fourth-order valence-electron chi connectivity index (χ4n) is 1.17. The van der Waals surface area contributed by atoms with E-state index in [0.29, 0.717) is 6.07 Å². The molecule has 20 heavy (non-hydrogen) atoms. The van der Waals surface area contributed by atoms with Crippen LogP contribution in [0.3, 0.4) is 0 Å². The van der Waals surface area contributed by atoms with Gasteiger partial charge in [0.2, 0.25) is 5.88 Å². The maximum atomic E-state index is 12.5. The highest BCUT2D eigenvalue weighted by atomic mass is 127. The van der Waals surface area contributed by atoms with Gasteiger partial charge in [0.15, 0.2) is 0 Å². The normalized spacial score (nSPS) is 12.3. The van der Waals surface area contributed by atoms with Gasteiger partial charge in [-0.2, -0.15) is 13.2 Å². The Hall–Kier alpha value is -1.27. The minimum Gasteiger partial charge on any atom is -0.481 e. The highest BCUT2D eigenvalue weighted by Gasteiger charge is 2.38. The second-order valence-electron chi connectivity index (χ2n) is 3.39. The van der Waals surface area contributed by atoms with E-state index in [9.17, 15) is 31.1 Å². The number of hydrogen-bond donors (Lipinski definition) is 1. The lowest BCUT2D eigenvalue weighted by Crippen LogP contribution is -2.22. The molecule has 0 spiro atoms. The van der Waals surface area contributed by atoms with Gasteiger partial charge in [0.05, 0.1) is 6.42 Å². The molecule has 0 radical (unpaired) electrons. The quantitative estimate of drug-likeness (QED) is 0.609. The van der Waals surface area contributed by atoms with Crippen LogP contribution in [-0.2, 0) is 17.4 Å². The van der Waals surface area contributed by atoms with E-state index < -0.39 is 42.1 Å². The molecule has 0 aromatic carbocycles. The number of carboxylic acid groups (broad SMARTS) is 1. The second kappa shape index (κ2) is 5.61. The van der Waals surface area contributed by atoms with Gasteiger partial charge in [0.25, 0.3) is 0 Å². The highest BCUT2D eigenvalue weighted by Crippen LogP contribution is 2.35. The van der Waals surface area contributed by atoms with Gasteiger partial charge in [-0.1, -0.05) is 0 Å². The summed E-state index contributed by atoms with van der Waals surface area (Å²) in [4.78, 5) is 13.2. The first kappa shape index (κ1) is 16.8. The Morgan fingerprint density at radius 3 is 2.25 bits per heavy atom. The van der Waals surface area contributed by atoms with Gasteiger partial charge < -0.3 is 9.84 Å². The number of pyridine rings is 1. The van der Waals surface area contributed by atoms with E-state index in [2.05, 4.69) is 9.72 Å². The molecule has 0 unspecified atom stereocenters. The number of aliphatic carboxylic acids is 1. The lowest BCUT2D eigenvalue weighted by Gasteiger charge is -2.15. The van der Waals surface area contributed by atoms with Crippen LogP contribution >= 0.6 is 22.6 Å². The molecule has 1 heterocycles. The maximum Gasteiger partial charge on any atom is 0.574 e. The number of rotatable bonds is 3. The fraction of sp³-hybridized carbons (Fsp3) is 0.333. The summed E-state index contributed by atoms with van der Waals surface area (Å²) < 4.78 is 76.8. The molecule has 1 N–H and O–H groups in total. The zero-order valence-corrected chi connectivity index (χ0v) is 11.3. The Labute approximate surface area is 120 Å². The van der Waals surface area contributed by atoms with E-state index in [-0.39, 0.29) is 3.57 Å². The van der Waals surface area contributed by atoms with Crippen molar-refractivity contribution in [3.05, 3.63) is 20.9 Å². The van der Waals surface area contributed by atoms with Crippen LogP contribution < -0.4 is 4.74 Å². The molecule has 0 saturated carbocycles. The third-order valence-corrected chi connectivity index (χ3v) is 2.83. The van der Waals surface area contributed by atoms with E-state index >= 15 is 0 Å². The molecular formula is C9H4F6INO3. The summed E-state index contributed by atoms with van der Waals surface area (Å²) >= 11 is 1.29. The van der Waals surface area contributed by atoms with E-state index in [1.165, 1.54) is 22.6 Å². The van der Waals surface area contributed by atoms with Crippen LogP contribution in [0.5, 0.6) is 5.88 Å². The van der Waals surface area contributed by atoms with Crippen molar-refractivity contribution in [2.75, 3.05) is 0 Å². The minimum atomic E-state index is -5.28. The number of carboxylic acids is 1. The van der Waals surface area contributed by atoms with Crippen LogP contribution in [0.25, 0.3) is 0 Å². The lowest BCUT2D eigenvalue weighted by atomic mass is 10.2. The third kappa shape index (κ3) is 4.68. The van der Waals surface area contributed by atoms with Crippen molar-refractivity contribution in [2.45, 2.75) is 19.0 Å². The summed E-state index contributed by atoms with van der Waals surface area (Å²) in [7, 11) is 0. The van der Waals surface area contributed by atoms with Crippen molar-refractivity contribution >= 4 is 28.6 Å². The number of nitrogens with zero attached hydrogens (tertiary/aromatic N) is 1. The van der Waals surface area contributed by atoms with Crippen LogP contribution in [0, 0.1) is 3.57 Å². The van der Waals surface area contributed by atoms with Crippen LogP contribution in [0.15, 0.2) is 6.07 Å². The first-order valence-corrected chi connectivity index (χ1v) is 5.72. The van der Waals surface area contributed by atoms with Crippen molar-refractivity contribution in [1.82, 2.24) is 4.98 Å². The molecule has 112 valence electrons. The van der Waals surface area contributed by atoms with Crippen molar-refractivity contribution in [3.63, 3.8) is 0 Å². The standard InChI is InChI=1S/C9H4F6INO3/c10-8(11,12)5-2-4(16)3(1-6(18)19)7(17-5)20-9(13,14)15/h2H,1H2,(H,18,19). The third-order valence-electron chi connectivity index (χ3n) is 1.86. The van der Waals surface area contributed by atoms with Gasteiger partial charge in [-0.05, 0) is 28.7 Å². The monoisotopic (exact) mass is 415 g/mol. The molecule has 11 heteroatoms. The van der Waals surface area contributed by atoms with Crippen molar-refractivity contribution in [3.8, 4) is 5.88 Å². The Morgan fingerprint density at radius 2 is 1.85 bits per heavy atom. The van der Waals surface area contributed by atoms with Crippen molar-refractivity contribution < 1.29 is 41.0 Å². The summed E-state index contributed by atoms with van der Waals surface area (Å²) in [6.45, 7) is 0. The van der Waals surface area contributed by atoms with E-state index in [0.717, 1.165) is 0 Å². The number of carbonyl (C=O) groups is 1. The summed E-state index contributed by atoms with van der Waals surface area (Å²) in [5.74, 6) is -2.95. The molecule has 0 fully saturated rings. The molecule has 1 aromatic heterocycles. The number of alkyl halides is 6. The summed E-state index contributed by atoms with van der Waals surface area (Å²) in [5, 5.41) is 8.55. The maximum absolute atomic E-state index is 12.5. The highest BCUT2D eigenvalue weighted by molar-refractivity contribution is 14.1.